The number of amides is 5. The highest BCUT2D eigenvalue weighted by molar-refractivity contribution is 7.88. The van der Waals surface area contributed by atoms with E-state index in [4.69, 9.17) is 21.1 Å². The van der Waals surface area contributed by atoms with Crippen molar-refractivity contribution in [1.29, 1.82) is 0 Å². The van der Waals surface area contributed by atoms with E-state index in [0.717, 1.165) is 29.9 Å². The maximum Gasteiger partial charge on any atom is 0.352 e. The first-order chi connectivity index (χ1) is 34.7. The number of esters is 1. The number of aliphatic carboxylic acids is 1. The van der Waals surface area contributed by atoms with Gasteiger partial charge in [0.25, 0.3) is 5.91 Å². The Morgan fingerprint density at radius 1 is 0.904 bits per heavy atom. The fourth-order valence-electron chi connectivity index (χ4n) is 8.81. The molecular formula is C51H60ClN7O12S2. The van der Waals surface area contributed by atoms with Crippen LogP contribution in [0.3, 0.4) is 0 Å². The van der Waals surface area contributed by atoms with Gasteiger partial charge in [-0.3, -0.25) is 29.3 Å². The van der Waals surface area contributed by atoms with Gasteiger partial charge in [-0.1, -0.05) is 54.8 Å². The highest BCUT2D eigenvalue weighted by Crippen LogP contribution is 2.46. The van der Waals surface area contributed by atoms with Crippen LogP contribution in [0.25, 0.3) is 10.4 Å². The lowest BCUT2D eigenvalue weighted by Crippen LogP contribution is -2.52. The minimum atomic E-state index is -3.68. The lowest BCUT2D eigenvalue weighted by atomic mass is 10.0. The van der Waals surface area contributed by atoms with E-state index < -0.39 is 46.1 Å². The topological polar surface area (TPSA) is 259 Å². The first kappa shape index (κ1) is 54.2. The number of rotatable bonds is 22. The van der Waals surface area contributed by atoms with Crippen molar-refractivity contribution in [2.24, 2.45) is 0 Å². The molecule has 0 saturated carbocycles. The summed E-state index contributed by atoms with van der Waals surface area (Å²) in [7, 11) is -3.68. The van der Waals surface area contributed by atoms with Crippen LogP contribution in [0.1, 0.15) is 110 Å². The number of unbranched alkanes of at least 4 members (excludes halogenated alkanes) is 3. The second-order valence-electron chi connectivity index (χ2n) is 19.1. The Morgan fingerprint density at radius 3 is 2.37 bits per heavy atom. The van der Waals surface area contributed by atoms with Gasteiger partial charge < -0.3 is 40.7 Å². The van der Waals surface area contributed by atoms with E-state index in [1.165, 1.54) is 9.21 Å². The third-order valence-corrected chi connectivity index (χ3v) is 15.8. The Kier molecular flexibility index (Phi) is 17.8. The number of ether oxygens (including phenoxy) is 2. The molecule has 0 spiro atoms. The number of benzene rings is 3. The van der Waals surface area contributed by atoms with Crippen molar-refractivity contribution >= 4 is 91.5 Å². The predicted molar refractivity (Wildman–Crippen MR) is 276 cm³/mol. The van der Waals surface area contributed by atoms with Crippen LogP contribution in [0.2, 0.25) is 5.02 Å². The standard InChI is InChI=1S/C51H60ClN7O12S2/c1-51(2,3)71-50(67)47-45(70-29-43(63)64)44(52)46(72-47)32-12-9-14-35(26-32)55-33-20-23-58(24-21-33)73(68,69)30-31-11-8-13-34(25-31)56-40(60)17-6-4-5-7-22-53-42(62)27-54-38-16-10-15-36-37(38)28-59(49(36)66)39-18-19-41(61)57-48(39)65/h8-16,25-26,33,39,54-55H,4-7,17-24,27-30H2,1-3H3,(H,53,62)(H,56,60)(H,63,64)(H,57,61,65). The van der Waals surface area contributed by atoms with Crippen molar-refractivity contribution in [3.8, 4) is 16.2 Å². The number of nitrogens with zero attached hydrogens (tertiary/aromatic N) is 2. The summed E-state index contributed by atoms with van der Waals surface area (Å²) in [5.74, 6) is -3.74. The molecule has 19 nitrogen and oxygen atoms in total. The van der Waals surface area contributed by atoms with Crippen LogP contribution in [-0.2, 0) is 51.0 Å². The third kappa shape index (κ3) is 14.6. The zero-order valence-electron chi connectivity index (χ0n) is 40.8. The summed E-state index contributed by atoms with van der Waals surface area (Å²) >= 11 is 7.74. The summed E-state index contributed by atoms with van der Waals surface area (Å²) in [6.45, 7) is 5.69. The van der Waals surface area contributed by atoms with Crippen molar-refractivity contribution in [2.45, 2.75) is 109 Å². The van der Waals surface area contributed by atoms with Crippen LogP contribution in [0.15, 0.2) is 66.7 Å². The Labute approximate surface area is 432 Å². The first-order valence-electron chi connectivity index (χ1n) is 24.2. The number of sulfonamides is 1. The zero-order chi connectivity index (χ0) is 52.5. The number of carbonyl (C=O) groups excluding carboxylic acids is 6. The molecule has 0 aliphatic carbocycles. The maximum atomic E-state index is 13.6. The van der Waals surface area contributed by atoms with Gasteiger partial charge in [0, 0.05) is 73.3 Å². The average Bonchev–Trinajstić information content (AvgIpc) is 3.85. The van der Waals surface area contributed by atoms with Gasteiger partial charge in [0.1, 0.15) is 16.7 Å². The molecule has 0 bridgehead atoms. The summed E-state index contributed by atoms with van der Waals surface area (Å²) in [5.41, 5.74) is 3.43. The lowest BCUT2D eigenvalue weighted by Gasteiger charge is -2.32. The molecule has 73 heavy (non-hydrogen) atoms. The van der Waals surface area contributed by atoms with Crippen LogP contribution >= 0.6 is 22.9 Å². The van der Waals surface area contributed by atoms with E-state index in [2.05, 4.69) is 26.6 Å². The quantitative estimate of drug-likeness (QED) is 0.0270. The summed E-state index contributed by atoms with van der Waals surface area (Å²) in [6, 6.07) is 18.6. The number of anilines is 3. The molecular weight excluding hydrogens is 1000 g/mol. The Bertz CT molecular complexity index is 2860. The number of hydrogen-bond donors (Lipinski definition) is 6. The molecule has 6 N–H and O–H groups in total. The minimum Gasteiger partial charge on any atom is -0.479 e. The van der Waals surface area contributed by atoms with Crippen molar-refractivity contribution in [3.05, 3.63) is 93.3 Å². The molecule has 0 radical (unpaired) electrons. The number of carboxylic acid groups (broad SMARTS) is 1. The fraction of sp³-hybridized carbons (Fsp3) is 0.431. The van der Waals surface area contributed by atoms with Crippen molar-refractivity contribution in [3.63, 3.8) is 0 Å². The first-order valence-corrected chi connectivity index (χ1v) is 27.0. The van der Waals surface area contributed by atoms with Gasteiger partial charge in [-0.25, -0.2) is 22.3 Å². The molecule has 4 aromatic rings. The van der Waals surface area contributed by atoms with Crippen molar-refractivity contribution in [1.82, 2.24) is 19.8 Å². The van der Waals surface area contributed by atoms with E-state index in [1.54, 1.807) is 63.2 Å². The van der Waals surface area contributed by atoms with E-state index in [1.807, 2.05) is 24.3 Å². The number of carbonyl (C=O) groups is 7. The van der Waals surface area contributed by atoms with E-state index in [-0.39, 0.29) is 83.4 Å². The smallest absolute Gasteiger partial charge is 0.352 e. The second-order valence-corrected chi connectivity index (χ2v) is 22.5. The van der Waals surface area contributed by atoms with E-state index in [9.17, 15) is 47.1 Å². The van der Waals surface area contributed by atoms with E-state index in [0.29, 0.717) is 83.8 Å². The molecule has 2 saturated heterocycles. The number of halogens is 1. The summed E-state index contributed by atoms with van der Waals surface area (Å²) in [4.78, 5) is 89.0. The number of thiophene rings is 1. The van der Waals surface area contributed by atoms with Gasteiger partial charge in [-0.15, -0.1) is 11.3 Å². The van der Waals surface area contributed by atoms with Gasteiger partial charge in [0.15, 0.2) is 17.2 Å². The van der Waals surface area contributed by atoms with Crippen LogP contribution < -0.4 is 31.3 Å². The number of fused-ring (bicyclic) bond motifs is 1. The molecule has 2 fully saturated rings. The van der Waals surface area contributed by atoms with Gasteiger partial charge >= 0.3 is 11.9 Å². The number of imide groups is 1. The number of piperidine rings is 2. The monoisotopic (exact) mass is 1060 g/mol. The van der Waals surface area contributed by atoms with Crippen LogP contribution in [0.4, 0.5) is 17.1 Å². The SMILES string of the molecule is CC(C)(C)OC(=O)c1sc(-c2cccc(NC3CCN(S(=O)(=O)Cc4cccc(NC(=O)CCCCCCNC(=O)CNc5cccc6c5CN(C5CCC(=O)NC5=O)C6=O)c4)CC3)c2)c(Cl)c1OCC(=O)O. The number of hydrogen-bond acceptors (Lipinski definition) is 14. The zero-order valence-corrected chi connectivity index (χ0v) is 43.2. The van der Waals surface area contributed by atoms with Crippen LogP contribution in [-0.4, -0.2) is 115 Å². The molecule has 390 valence electrons. The molecule has 3 aliphatic rings. The highest BCUT2D eigenvalue weighted by atomic mass is 35.5. The predicted octanol–water partition coefficient (Wildman–Crippen LogP) is 6.77. The lowest BCUT2D eigenvalue weighted by molar-refractivity contribution is -0.139. The molecule has 3 aliphatic heterocycles. The van der Waals surface area contributed by atoms with Gasteiger partial charge in [-0.05, 0) is 100 Å². The fourth-order valence-corrected chi connectivity index (χ4v) is 11.8. The van der Waals surface area contributed by atoms with Crippen LogP contribution in [0, 0.1) is 0 Å². The molecule has 22 heteroatoms. The maximum absolute atomic E-state index is 13.6. The molecule has 1 atom stereocenters. The minimum absolute atomic E-state index is 0.0122. The van der Waals surface area contributed by atoms with Gasteiger partial charge in [-0.2, -0.15) is 0 Å². The van der Waals surface area contributed by atoms with E-state index >= 15 is 0 Å². The Balaban J connectivity index is 0.796. The van der Waals surface area contributed by atoms with Gasteiger partial charge in [0.05, 0.1) is 17.2 Å². The number of nitrogens with one attached hydrogen (secondary N) is 5. The molecule has 4 heterocycles. The summed E-state index contributed by atoms with van der Waals surface area (Å²) in [6.07, 6.45) is 4.68. The average molecular weight is 1060 g/mol. The second kappa shape index (κ2) is 24.0. The Hall–Kier alpha value is -6.55. The van der Waals surface area contributed by atoms with Gasteiger partial charge in [0.2, 0.25) is 33.7 Å². The summed E-state index contributed by atoms with van der Waals surface area (Å²) < 4.78 is 39.7. The van der Waals surface area contributed by atoms with Crippen LogP contribution in [0.5, 0.6) is 5.75 Å². The Morgan fingerprint density at radius 2 is 1.63 bits per heavy atom. The molecule has 1 aromatic heterocycles. The highest BCUT2D eigenvalue weighted by Gasteiger charge is 2.40. The molecule has 7 rings (SSSR count). The third-order valence-electron chi connectivity index (χ3n) is 12.3. The molecule has 5 amide bonds. The molecule has 3 aromatic carbocycles. The molecule has 1 unspecified atom stereocenters. The van der Waals surface area contributed by atoms with Crippen molar-refractivity contribution < 1.29 is 56.6 Å². The largest absolute Gasteiger partial charge is 0.479 e. The van der Waals surface area contributed by atoms with Crippen molar-refractivity contribution in [2.75, 3.05) is 48.7 Å². The number of carboxylic acids is 1. The normalized spacial score (nSPS) is 16.4. The summed E-state index contributed by atoms with van der Waals surface area (Å²) in [5, 5.41) is 24.0.